The molecule has 3 aromatic carbocycles. The summed E-state index contributed by atoms with van der Waals surface area (Å²) in [5.41, 5.74) is 2.63. The van der Waals surface area contributed by atoms with Gasteiger partial charge in [-0.25, -0.2) is 9.29 Å². The monoisotopic (exact) mass is 593 g/mol. The van der Waals surface area contributed by atoms with Crippen LogP contribution in [-0.4, -0.2) is 27.5 Å². The van der Waals surface area contributed by atoms with Gasteiger partial charge in [0, 0.05) is 21.5 Å². The minimum absolute atomic E-state index is 0.302. The van der Waals surface area contributed by atoms with Crippen LogP contribution < -0.4 is 15.1 Å². The average molecular weight is 594 g/mol. The van der Waals surface area contributed by atoms with Gasteiger partial charge in [0.05, 0.1) is 16.6 Å². The Morgan fingerprint density at radius 3 is 2.30 bits per heavy atom. The summed E-state index contributed by atoms with van der Waals surface area (Å²) in [6.45, 7) is 1.62. The van der Waals surface area contributed by atoms with Crippen molar-refractivity contribution in [1.29, 1.82) is 0 Å². The number of thiazole rings is 1. The number of fused-ring (bicyclic) bond motifs is 2. The fourth-order valence-corrected chi connectivity index (χ4v) is 8.01. The first-order valence-electron chi connectivity index (χ1n) is 12.4. The fraction of sp³-hybridized carbons (Fsp3) is 0.172. The molecule has 11 heteroatoms. The van der Waals surface area contributed by atoms with Gasteiger partial charge in [-0.05, 0) is 61.0 Å². The molecular weight excluding hydrogens is 573 g/mol. The number of thioether (sulfide) groups is 1. The van der Waals surface area contributed by atoms with E-state index in [9.17, 15) is 23.6 Å². The number of hydrogen-bond acceptors (Lipinski definition) is 6. The molecule has 0 aliphatic carbocycles. The molecule has 1 N–H and O–H groups in total. The highest BCUT2D eigenvalue weighted by molar-refractivity contribution is 8.00. The van der Waals surface area contributed by atoms with Crippen molar-refractivity contribution in [2.24, 2.45) is 5.92 Å². The zero-order valence-corrected chi connectivity index (χ0v) is 23.4. The molecule has 0 saturated carbocycles. The number of aromatic nitrogens is 1. The highest BCUT2D eigenvalue weighted by Gasteiger charge is 2.56. The molecule has 1 fully saturated rings. The predicted molar refractivity (Wildman–Crippen MR) is 154 cm³/mol. The zero-order valence-electron chi connectivity index (χ0n) is 21.0. The number of amides is 3. The lowest BCUT2D eigenvalue weighted by Gasteiger charge is -2.30. The van der Waals surface area contributed by atoms with Crippen molar-refractivity contribution in [3.8, 4) is 0 Å². The molecular formula is C29H21ClFN3O4S2. The van der Waals surface area contributed by atoms with E-state index >= 15 is 0 Å². The van der Waals surface area contributed by atoms with Crippen molar-refractivity contribution in [3.63, 3.8) is 0 Å². The summed E-state index contributed by atoms with van der Waals surface area (Å²) in [7, 11) is 0. The number of benzene rings is 3. The maximum absolute atomic E-state index is 13.9. The first-order valence-corrected chi connectivity index (χ1v) is 14.4. The minimum atomic E-state index is -0.789. The Morgan fingerprint density at radius 1 is 0.950 bits per heavy atom. The van der Waals surface area contributed by atoms with Crippen LogP contribution in [0.4, 0.5) is 15.8 Å². The predicted octanol–water partition coefficient (Wildman–Crippen LogP) is 5.45. The normalized spacial score (nSPS) is 19.9. The Labute approximate surface area is 241 Å². The Hall–Kier alpha value is -3.73. The molecule has 40 heavy (non-hydrogen) atoms. The van der Waals surface area contributed by atoms with Crippen LogP contribution >= 0.6 is 34.7 Å². The van der Waals surface area contributed by atoms with Crippen LogP contribution in [0.25, 0.3) is 0 Å². The molecule has 3 atom stereocenters. The lowest BCUT2D eigenvalue weighted by Crippen LogP contribution is -2.33. The van der Waals surface area contributed by atoms with Gasteiger partial charge < -0.3 is 5.32 Å². The third kappa shape index (κ3) is 4.66. The number of hydrogen-bond donors (Lipinski definition) is 1. The van der Waals surface area contributed by atoms with E-state index in [4.69, 9.17) is 11.6 Å². The third-order valence-electron chi connectivity index (χ3n) is 7.00. The maximum atomic E-state index is 13.9. The molecule has 3 heterocycles. The number of rotatable bonds is 5. The molecule has 0 unspecified atom stereocenters. The van der Waals surface area contributed by atoms with E-state index in [0.29, 0.717) is 26.3 Å². The molecule has 3 amide bonds. The molecule has 6 rings (SSSR count). The van der Waals surface area contributed by atoms with Gasteiger partial charge >= 0.3 is 4.87 Å². The molecule has 0 radical (unpaired) electrons. The lowest BCUT2D eigenvalue weighted by molar-refractivity contribution is -0.122. The van der Waals surface area contributed by atoms with Gasteiger partial charge in [-0.2, -0.15) is 0 Å². The van der Waals surface area contributed by atoms with Crippen molar-refractivity contribution in [2.45, 2.75) is 29.7 Å². The smallest absolute Gasteiger partial charge is 0.308 e. The summed E-state index contributed by atoms with van der Waals surface area (Å²) in [4.78, 5) is 55.2. The molecule has 202 valence electrons. The van der Waals surface area contributed by atoms with Crippen LogP contribution in [0.1, 0.15) is 21.9 Å². The van der Waals surface area contributed by atoms with E-state index in [1.54, 1.807) is 36.4 Å². The zero-order chi connectivity index (χ0) is 28.1. The van der Waals surface area contributed by atoms with E-state index in [1.165, 1.54) is 33.7 Å². The standard InChI is InChI=1S/C29H21ClFN3O4S2/c1-15-2-12-20(13-3-15)34-26(36)23-22(16-4-6-17(30)7-5-16)25-28(39-24(23)27(34)37)33(29(38)40-25)14-21(35)32-19-10-8-18(31)9-11-19/h2-13,22-24H,14H2,1H3,(H,32,35)/t22-,23-,24+/m0/s1. The fourth-order valence-electron chi connectivity index (χ4n) is 5.11. The van der Waals surface area contributed by atoms with Crippen LogP contribution in [0.15, 0.2) is 82.6 Å². The first kappa shape index (κ1) is 26.5. The van der Waals surface area contributed by atoms with Crippen LogP contribution in [0, 0.1) is 18.7 Å². The molecule has 7 nitrogen and oxygen atoms in total. The van der Waals surface area contributed by atoms with Crippen molar-refractivity contribution >= 4 is 63.8 Å². The molecule has 4 aromatic rings. The Balaban J connectivity index is 1.40. The minimum Gasteiger partial charge on any atom is -0.325 e. The quantitative estimate of drug-likeness (QED) is 0.311. The van der Waals surface area contributed by atoms with Crippen molar-refractivity contribution in [1.82, 2.24) is 4.57 Å². The van der Waals surface area contributed by atoms with Crippen molar-refractivity contribution in [3.05, 3.63) is 109 Å². The van der Waals surface area contributed by atoms with E-state index in [2.05, 4.69) is 5.32 Å². The number of nitrogens with one attached hydrogen (secondary N) is 1. The number of carbonyl (C=O) groups excluding carboxylic acids is 3. The SMILES string of the molecule is Cc1ccc(N2C(=O)[C@H]3[C@H](c4ccc(Cl)cc4)c4sc(=O)n(CC(=O)Nc5ccc(F)cc5)c4S[C@H]3C2=O)cc1. The molecule has 0 spiro atoms. The number of aryl methyl sites for hydroxylation is 1. The average Bonchev–Trinajstić information content (AvgIpc) is 3.37. The molecule has 2 aliphatic rings. The number of carbonyl (C=O) groups is 3. The topological polar surface area (TPSA) is 88.5 Å². The second-order valence-electron chi connectivity index (χ2n) is 9.62. The van der Waals surface area contributed by atoms with Gasteiger partial charge in [-0.3, -0.25) is 23.7 Å². The Kier molecular flexibility index (Phi) is 6.85. The summed E-state index contributed by atoms with van der Waals surface area (Å²) in [6, 6.07) is 19.5. The largest absolute Gasteiger partial charge is 0.325 e. The van der Waals surface area contributed by atoms with E-state index in [-0.39, 0.29) is 23.2 Å². The summed E-state index contributed by atoms with van der Waals surface area (Å²) in [5, 5.41) is 2.88. The Morgan fingerprint density at radius 2 is 1.62 bits per heavy atom. The van der Waals surface area contributed by atoms with Gasteiger partial charge in [-0.15, -0.1) is 0 Å². The third-order valence-corrected chi connectivity index (χ3v) is 9.86. The second kappa shape index (κ2) is 10.3. The Bertz CT molecular complexity index is 1700. The van der Waals surface area contributed by atoms with Crippen LogP contribution in [0.3, 0.4) is 0 Å². The molecule has 0 bridgehead atoms. The van der Waals surface area contributed by atoms with Crippen molar-refractivity contribution < 1.29 is 18.8 Å². The molecule has 2 aliphatic heterocycles. The highest BCUT2D eigenvalue weighted by atomic mass is 35.5. The number of anilines is 2. The summed E-state index contributed by atoms with van der Waals surface area (Å²) in [6.07, 6.45) is 0. The molecule has 1 aromatic heterocycles. The summed E-state index contributed by atoms with van der Waals surface area (Å²) < 4.78 is 14.6. The van der Waals surface area contributed by atoms with Gasteiger partial charge in [0.1, 0.15) is 17.6 Å². The van der Waals surface area contributed by atoms with Crippen LogP contribution in [-0.2, 0) is 20.9 Å². The maximum Gasteiger partial charge on any atom is 0.308 e. The number of nitrogens with zero attached hydrogens (tertiary/aromatic N) is 2. The first-order chi connectivity index (χ1) is 19.2. The van der Waals surface area contributed by atoms with Gasteiger partial charge in [-0.1, -0.05) is 64.5 Å². The van der Waals surface area contributed by atoms with E-state index in [1.807, 2.05) is 19.1 Å². The van der Waals surface area contributed by atoms with Gasteiger partial charge in [0.25, 0.3) is 0 Å². The van der Waals surface area contributed by atoms with Crippen LogP contribution in [0.5, 0.6) is 0 Å². The lowest BCUT2D eigenvalue weighted by atomic mass is 9.83. The molecule has 1 saturated heterocycles. The number of imide groups is 1. The van der Waals surface area contributed by atoms with Gasteiger partial charge in [0.15, 0.2) is 0 Å². The van der Waals surface area contributed by atoms with Gasteiger partial charge in [0.2, 0.25) is 17.7 Å². The van der Waals surface area contributed by atoms with E-state index < -0.39 is 28.8 Å². The number of halogens is 2. The highest BCUT2D eigenvalue weighted by Crippen LogP contribution is 2.53. The second-order valence-corrected chi connectivity index (χ2v) is 12.2. The summed E-state index contributed by atoms with van der Waals surface area (Å²) in [5.74, 6) is -2.93. The summed E-state index contributed by atoms with van der Waals surface area (Å²) >= 11 is 8.25. The van der Waals surface area contributed by atoms with E-state index in [0.717, 1.165) is 34.2 Å². The van der Waals surface area contributed by atoms with Crippen LogP contribution in [0.2, 0.25) is 5.02 Å². The van der Waals surface area contributed by atoms with Crippen molar-refractivity contribution in [2.75, 3.05) is 10.2 Å².